The third kappa shape index (κ3) is 4.15. The Morgan fingerprint density at radius 2 is 2.20 bits per heavy atom. The van der Waals surface area contributed by atoms with Crippen LogP contribution < -0.4 is 16.4 Å². The smallest absolute Gasteiger partial charge is 0.352 e. The van der Waals surface area contributed by atoms with Crippen LogP contribution in [0.25, 0.3) is 0 Å². The highest BCUT2D eigenvalue weighted by atomic mass is 32.2. The molecule has 160 valence electrons. The minimum absolute atomic E-state index is 0.103. The van der Waals surface area contributed by atoms with Crippen LogP contribution in [0.5, 0.6) is 0 Å². The van der Waals surface area contributed by atoms with Crippen molar-refractivity contribution in [1.29, 1.82) is 0 Å². The number of carboxylic acid groups (broad SMARTS) is 1. The first kappa shape index (κ1) is 21.7. The Morgan fingerprint density at radius 1 is 1.47 bits per heavy atom. The predicted molar refractivity (Wildman–Crippen MR) is 109 cm³/mol. The molecule has 3 rings (SSSR count). The highest BCUT2D eigenvalue weighted by Crippen LogP contribution is 2.37. The number of nitrogens with one attached hydrogen (secondary N) is 2. The average Bonchev–Trinajstić information content (AvgIpc) is 3.16. The van der Waals surface area contributed by atoms with E-state index in [0.717, 1.165) is 16.2 Å². The van der Waals surface area contributed by atoms with Crippen molar-refractivity contribution in [1.82, 2.24) is 15.2 Å². The average molecular weight is 454 g/mol. The molecule has 1 fully saturated rings. The Labute approximate surface area is 178 Å². The van der Waals surface area contributed by atoms with Crippen molar-refractivity contribution in [3.63, 3.8) is 0 Å². The van der Waals surface area contributed by atoms with Crippen molar-refractivity contribution < 1.29 is 29.1 Å². The van der Waals surface area contributed by atoms with E-state index in [1.165, 1.54) is 37.3 Å². The zero-order valence-electron chi connectivity index (χ0n) is 15.8. The number of rotatable bonds is 7. The quantitative estimate of drug-likeness (QED) is 0.232. The minimum atomic E-state index is -1.20. The van der Waals surface area contributed by atoms with Gasteiger partial charge in [-0.1, -0.05) is 5.16 Å². The summed E-state index contributed by atoms with van der Waals surface area (Å²) in [6.07, 6.45) is 1.45. The number of nitrogens with zero attached hydrogens (tertiary/aromatic N) is 3. The molecule has 1 unspecified atom stereocenters. The summed E-state index contributed by atoms with van der Waals surface area (Å²) in [6, 6.07) is -1.65. The summed E-state index contributed by atoms with van der Waals surface area (Å²) in [5.41, 5.74) is 5.33. The second-order valence-electron chi connectivity index (χ2n) is 6.22. The molecule has 12 nitrogen and oxygen atoms in total. The summed E-state index contributed by atoms with van der Waals surface area (Å²) in [7, 11) is 1.25. The summed E-state index contributed by atoms with van der Waals surface area (Å²) in [6.45, 7) is 1.52. The Balaban J connectivity index is 1.72. The van der Waals surface area contributed by atoms with Gasteiger partial charge in [0.25, 0.3) is 11.8 Å². The Bertz CT molecular complexity index is 958. The van der Waals surface area contributed by atoms with E-state index in [9.17, 15) is 24.3 Å². The Hall–Kier alpha value is -2.97. The van der Waals surface area contributed by atoms with Gasteiger partial charge in [0.05, 0.1) is 6.04 Å². The minimum Gasteiger partial charge on any atom is -0.477 e. The molecule has 30 heavy (non-hydrogen) atoms. The maximum Gasteiger partial charge on any atom is 0.352 e. The molecule has 2 aliphatic rings. The van der Waals surface area contributed by atoms with Gasteiger partial charge in [-0.15, -0.1) is 23.1 Å². The van der Waals surface area contributed by atoms with Crippen molar-refractivity contribution >= 4 is 57.6 Å². The van der Waals surface area contributed by atoms with Crippen molar-refractivity contribution in [2.45, 2.75) is 24.4 Å². The number of nitrogens with two attached hydrogens (primary N) is 1. The maximum atomic E-state index is 12.7. The molecule has 0 spiro atoms. The van der Waals surface area contributed by atoms with Crippen LogP contribution in [0, 0.1) is 0 Å². The molecule has 0 bridgehead atoms. The number of amides is 3. The molecule has 5 N–H and O–H groups in total. The van der Waals surface area contributed by atoms with Crippen LogP contribution in [0.3, 0.4) is 0 Å². The van der Waals surface area contributed by atoms with Crippen molar-refractivity contribution in [2.24, 2.45) is 10.9 Å². The number of thiazole rings is 1. The van der Waals surface area contributed by atoms with Gasteiger partial charge < -0.3 is 26.3 Å². The van der Waals surface area contributed by atoms with E-state index in [2.05, 4.69) is 20.8 Å². The monoisotopic (exact) mass is 454 g/mol. The van der Waals surface area contributed by atoms with Gasteiger partial charge in [0.1, 0.15) is 29.9 Å². The first-order valence-corrected chi connectivity index (χ1v) is 10.5. The Kier molecular flexibility index (Phi) is 6.38. The molecule has 14 heteroatoms. The molecule has 3 atom stereocenters. The van der Waals surface area contributed by atoms with E-state index in [-0.39, 0.29) is 22.2 Å². The van der Waals surface area contributed by atoms with Gasteiger partial charge >= 0.3 is 5.97 Å². The van der Waals surface area contributed by atoms with Gasteiger partial charge in [0.2, 0.25) is 5.91 Å². The molecule has 1 aromatic heterocycles. The van der Waals surface area contributed by atoms with Crippen LogP contribution in [-0.2, 0) is 24.0 Å². The molecule has 2 aliphatic heterocycles. The largest absolute Gasteiger partial charge is 0.477 e. The van der Waals surface area contributed by atoms with Gasteiger partial charge in [-0.25, -0.2) is 9.78 Å². The molecule has 3 heterocycles. The summed E-state index contributed by atoms with van der Waals surface area (Å²) < 4.78 is 0. The van der Waals surface area contributed by atoms with Crippen LogP contribution in [0.2, 0.25) is 0 Å². The fraction of sp³-hybridized carbons (Fsp3) is 0.375. The molecule has 1 aromatic rings. The lowest BCUT2D eigenvalue weighted by atomic mass is 10.0. The third-order valence-corrected chi connectivity index (χ3v) is 6.08. The number of hydrogen-bond donors (Lipinski definition) is 4. The van der Waals surface area contributed by atoms with E-state index in [4.69, 9.17) is 10.6 Å². The number of aromatic nitrogens is 1. The number of carboxylic acids is 1. The SMILES string of the molecule is CON=C(C(=O)NC1C(=O)N2C(C(=O)O)=CCS[C@H]12)c1csc(NC(=O)[C@H](C)N)n1. The third-order valence-electron chi connectivity index (χ3n) is 4.14. The molecule has 3 amide bonds. The standard InChI is InChI=1S/C16H18N6O6S2/c1-6(17)11(23)20-16-18-7(5-30-16)9(21-28-2)12(24)19-10-13(25)22-8(15(26)27)3-4-29-14(10)22/h3,5-6,10,14H,4,17H2,1-2H3,(H,19,24)(H,26,27)(H,18,20,23)/t6-,10?,14+/m0/s1. The van der Waals surface area contributed by atoms with E-state index >= 15 is 0 Å². The topological polar surface area (TPSA) is 176 Å². The Morgan fingerprint density at radius 3 is 2.83 bits per heavy atom. The number of aliphatic carboxylic acids is 1. The lowest BCUT2D eigenvalue weighted by Crippen LogP contribution is -2.70. The zero-order valence-corrected chi connectivity index (χ0v) is 17.5. The highest BCUT2D eigenvalue weighted by molar-refractivity contribution is 8.00. The first-order chi connectivity index (χ1) is 14.2. The molecular weight excluding hydrogens is 436 g/mol. The molecule has 0 saturated carbocycles. The second kappa shape index (κ2) is 8.81. The first-order valence-electron chi connectivity index (χ1n) is 8.57. The van der Waals surface area contributed by atoms with E-state index in [0.29, 0.717) is 5.75 Å². The van der Waals surface area contributed by atoms with Crippen LogP contribution in [-0.4, -0.2) is 74.7 Å². The lowest BCUT2D eigenvalue weighted by Gasteiger charge is -2.48. The number of carbonyl (C=O) groups is 4. The second-order valence-corrected chi connectivity index (χ2v) is 8.22. The summed E-state index contributed by atoms with van der Waals surface area (Å²) >= 11 is 2.39. The van der Waals surface area contributed by atoms with Gasteiger partial charge in [0.15, 0.2) is 10.8 Å². The van der Waals surface area contributed by atoms with Crippen LogP contribution >= 0.6 is 23.1 Å². The molecular formula is C16H18N6O6S2. The molecule has 1 saturated heterocycles. The normalized spacial score (nSPS) is 21.7. The van der Waals surface area contributed by atoms with Gasteiger partial charge in [-0.05, 0) is 13.0 Å². The number of oxime groups is 1. The number of β-lactam (4-membered cyclic amide) rings is 1. The zero-order chi connectivity index (χ0) is 22.0. The molecule has 0 aromatic carbocycles. The number of fused-ring (bicyclic) bond motifs is 1. The summed E-state index contributed by atoms with van der Waals surface area (Å²) in [4.78, 5) is 58.1. The predicted octanol–water partition coefficient (Wildman–Crippen LogP) is -0.852. The number of thioether (sulfide) groups is 1. The fourth-order valence-corrected chi connectivity index (χ4v) is 4.60. The van der Waals surface area contributed by atoms with E-state index < -0.39 is 41.1 Å². The van der Waals surface area contributed by atoms with Crippen molar-refractivity contribution in [2.75, 3.05) is 18.2 Å². The summed E-state index contributed by atoms with van der Waals surface area (Å²) in [5.74, 6) is -2.51. The number of anilines is 1. The maximum absolute atomic E-state index is 12.7. The van der Waals surface area contributed by atoms with E-state index in [1.807, 2.05) is 0 Å². The lowest BCUT2D eigenvalue weighted by molar-refractivity contribution is -0.150. The number of hydrogen-bond acceptors (Lipinski definition) is 10. The van der Waals surface area contributed by atoms with Crippen molar-refractivity contribution in [3.8, 4) is 0 Å². The van der Waals surface area contributed by atoms with Gasteiger partial charge in [-0.3, -0.25) is 19.3 Å². The van der Waals surface area contributed by atoms with Gasteiger partial charge in [-0.2, -0.15) is 0 Å². The van der Waals surface area contributed by atoms with E-state index in [1.54, 1.807) is 0 Å². The molecule has 0 radical (unpaired) electrons. The van der Waals surface area contributed by atoms with Crippen molar-refractivity contribution in [3.05, 3.63) is 22.8 Å². The fourth-order valence-electron chi connectivity index (χ4n) is 2.70. The molecule has 0 aliphatic carbocycles. The summed E-state index contributed by atoms with van der Waals surface area (Å²) in [5, 5.41) is 19.1. The number of carbonyl (C=O) groups excluding carboxylic acids is 3. The van der Waals surface area contributed by atoms with Gasteiger partial charge in [0, 0.05) is 11.1 Å². The van der Waals surface area contributed by atoms with Crippen LogP contribution in [0.4, 0.5) is 5.13 Å². The van der Waals surface area contributed by atoms with Crippen LogP contribution in [0.1, 0.15) is 12.6 Å². The van der Waals surface area contributed by atoms with Crippen LogP contribution in [0.15, 0.2) is 22.3 Å². The highest BCUT2D eigenvalue weighted by Gasteiger charge is 2.53.